The van der Waals surface area contributed by atoms with Crippen molar-refractivity contribution in [1.82, 2.24) is 9.97 Å². The summed E-state index contributed by atoms with van der Waals surface area (Å²) >= 11 is 6.26. The van der Waals surface area contributed by atoms with Crippen molar-refractivity contribution in [3.8, 4) is 5.75 Å². The van der Waals surface area contributed by atoms with E-state index < -0.39 is 16.4 Å². The zero-order valence-corrected chi connectivity index (χ0v) is 22.1. The number of benzene rings is 2. The number of halogens is 1. The molecular weight excluding hydrogens is 516 g/mol. The summed E-state index contributed by atoms with van der Waals surface area (Å²) in [5, 5.41) is 14.9. The van der Waals surface area contributed by atoms with Crippen LogP contribution in [0.1, 0.15) is 23.7 Å². The Labute approximate surface area is 222 Å². The zero-order valence-electron chi connectivity index (χ0n) is 20.5. The van der Waals surface area contributed by atoms with Crippen LogP contribution in [0.3, 0.4) is 0 Å². The molecule has 11 heteroatoms. The van der Waals surface area contributed by atoms with Crippen molar-refractivity contribution in [2.24, 2.45) is 0 Å². The summed E-state index contributed by atoms with van der Waals surface area (Å²) in [6.07, 6.45) is 0.791. The standard InChI is InChI=1S/C26H27ClN4O5S/c1-3-36-22(32)12-16-4-7-18(8-5-16)28-24-23-20(10-11-37(23)34)29-25(30-24)31-14-26(33,15-31)17-6-9-21(35-2)19(27)13-17/h4-9,13,33H,3,10-12,14-15H2,1-2H3,(H,28,29,30)/t37-/m1/s1. The van der Waals surface area contributed by atoms with Gasteiger partial charge in [-0.2, -0.15) is 4.98 Å². The number of hydrogen-bond acceptors (Lipinski definition) is 9. The lowest BCUT2D eigenvalue weighted by molar-refractivity contribution is -0.142. The Balaban J connectivity index is 1.35. The van der Waals surface area contributed by atoms with Crippen LogP contribution in [0.4, 0.5) is 17.5 Å². The molecule has 2 aliphatic rings. The van der Waals surface area contributed by atoms with Gasteiger partial charge in [0, 0.05) is 17.9 Å². The maximum absolute atomic E-state index is 12.7. The minimum atomic E-state index is -1.20. The molecule has 3 heterocycles. The van der Waals surface area contributed by atoms with Crippen molar-refractivity contribution in [1.29, 1.82) is 0 Å². The number of nitrogens with zero attached hydrogens (tertiary/aromatic N) is 3. The first-order valence-corrected chi connectivity index (χ1v) is 13.6. The summed E-state index contributed by atoms with van der Waals surface area (Å²) in [7, 11) is 0.347. The van der Waals surface area contributed by atoms with Gasteiger partial charge in [-0.1, -0.05) is 29.8 Å². The Morgan fingerprint density at radius 2 is 1.97 bits per heavy atom. The number of fused-ring (bicyclic) bond motifs is 1. The summed E-state index contributed by atoms with van der Waals surface area (Å²) in [5.74, 6) is 1.71. The van der Waals surface area contributed by atoms with Gasteiger partial charge in [0.2, 0.25) is 5.95 Å². The molecule has 0 bridgehead atoms. The SMILES string of the molecule is CCOC(=O)Cc1ccc(Nc2nc(N3CC(O)(c4ccc(OC)c(Cl)c4)C3)nc3c2[S@](=O)CC3)cc1. The van der Waals surface area contributed by atoms with Crippen LogP contribution >= 0.6 is 11.6 Å². The summed E-state index contributed by atoms with van der Waals surface area (Å²) < 4.78 is 22.9. The van der Waals surface area contributed by atoms with E-state index in [1.165, 1.54) is 0 Å². The molecule has 1 atom stereocenters. The summed E-state index contributed by atoms with van der Waals surface area (Å²) in [5.41, 5.74) is 1.92. The monoisotopic (exact) mass is 542 g/mol. The molecule has 1 aromatic heterocycles. The third kappa shape index (κ3) is 5.14. The summed E-state index contributed by atoms with van der Waals surface area (Å²) in [6.45, 7) is 2.71. The molecule has 0 saturated carbocycles. The minimum absolute atomic E-state index is 0.197. The fraction of sp³-hybridized carbons (Fsp3) is 0.346. The second-order valence-corrected chi connectivity index (χ2v) is 10.9. The predicted octanol–water partition coefficient (Wildman–Crippen LogP) is 3.36. The average Bonchev–Trinajstić information content (AvgIpc) is 3.24. The second-order valence-electron chi connectivity index (χ2n) is 8.99. The number of rotatable bonds is 8. The van der Waals surface area contributed by atoms with Crippen LogP contribution in [-0.2, 0) is 38.8 Å². The Hall–Kier alpha value is -3.21. The number of esters is 1. The quantitative estimate of drug-likeness (QED) is 0.413. The van der Waals surface area contributed by atoms with Crippen LogP contribution < -0.4 is 15.0 Å². The molecule has 1 fully saturated rings. The van der Waals surface area contributed by atoms with E-state index in [1.807, 2.05) is 29.2 Å². The van der Waals surface area contributed by atoms with Gasteiger partial charge in [0.15, 0.2) is 5.82 Å². The van der Waals surface area contributed by atoms with Crippen molar-refractivity contribution < 1.29 is 23.6 Å². The fourth-order valence-electron chi connectivity index (χ4n) is 4.50. The highest BCUT2D eigenvalue weighted by Gasteiger charge is 2.45. The largest absolute Gasteiger partial charge is 0.495 e. The van der Waals surface area contributed by atoms with E-state index in [2.05, 4.69) is 10.3 Å². The highest BCUT2D eigenvalue weighted by atomic mass is 35.5. The number of ether oxygens (including phenoxy) is 2. The van der Waals surface area contributed by atoms with Crippen LogP contribution in [-0.4, -0.2) is 57.8 Å². The number of carbonyl (C=O) groups is 1. The molecule has 2 aliphatic heterocycles. The average molecular weight is 543 g/mol. The first-order chi connectivity index (χ1) is 17.8. The van der Waals surface area contributed by atoms with Crippen LogP contribution in [0, 0.1) is 0 Å². The number of β-amino-alcohol motifs (C(OH)–C–C–N with tert-alkyl or cyclic N) is 1. The lowest BCUT2D eigenvalue weighted by atomic mass is 9.86. The number of aromatic nitrogens is 2. The Kier molecular flexibility index (Phi) is 7.06. The summed E-state index contributed by atoms with van der Waals surface area (Å²) in [6, 6.07) is 12.6. The minimum Gasteiger partial charge on any atom is -0.495 e. The maximum atomic E-state index is 12.7. The van der Waals surface area contributed by atoms with E-state index in [1.54, 1.807) is 32.2 Å². The molecule has 37 heavy (non-hydrogen) atoms. The second kappa shape index (κ2) is 10.3. The Bertz CT molecular complexity index is 1360. The van der Waals surface area contributed by atoms with Crippen molar-refractivity contribution in [2.45, 2.75) is 30.3 Å². The molecule has 1 saturated heterocycles. The number of carbonyl (C=O) groups excluding carboxylic acids is 1. The fourth-order valence-corrected chi connectivity index (χ4v) is 6.06. The molecule has 2 aromatic carbocycles. The van der Waals surface area contributed by atoms with Crippen molar-refractivity contribution in [3.05, 3.63) is 64.3 Å². The van der Waals surface area contributed by atoms with Gasteiger partial charge in [-0.25, -0.2) is 4.98 Å². The van der Waals surface area contributed by atoms with Crippen LogP contribution in [0.25, 0.3) is 0 Å². The number of anilines is 3. The number of aryl methyl sites for hydroxylation is 1. The van der Waals surface area contributed by atoms with E-state index in [0.29, 0.717) is 64.9 Å². The molecule has 0 unspecified atom stereocenters. The van der Waals surface area contributed by atoms with Gasteiger partial charge in [0.1, 0.15) is 16.2 Å². The van der Waals surface area contributed by atoms with Crippen LogP contribution in [0.15, 0.2) is 47.4 Å². The van der Waals surface area contributed by atoms with Crippen LogP contribution in [0.5, 0.6) is 5.75 Å². The lowest BCUT2D eigenvalue weighted by Crippen LogP contribution is -2.60. The van der Waals surface area contributed by atoms with Gasteiger partial charge in [-0.15, -0.1) is 0 Å². The highest BCUT2D eigenvalue weighted by molar-refractivity contribution is 7.85. The van der Waals surface area contributed by atoms with Crippen LogP contribution in [0.2, 0.25) is 5.02 Å². The van der Waals surface area contributed by atoms with Gasteiger partial charge in [-0.3, -0.25) is 9.00 Å². The van der Waals surface area contributed by atoms with E-state index in [-0.39, 0.29) is 12.4 Å². The molecule has 0 radical (unpaired) electrons. The molecule has 0 amide bonds. The topological polar surface area (TPSA) is 114 Å². The number of aliphatic hydroxyl groups is 1. The third-order valence-corrected chi connectivity index (χ3v) is 8.18. The van der Waals surface area contributed by atoms with E-state index in [9.17, 15) is 14.1 Å². The molecule has 0 spiro atoms. The number of methoxy groups -OCH3 is 1. The van der Waals surface area contributed by atoms with E-state index in [4.69, 9.17) is 26.1 Å². The van der Waals surface area contributed by atoms with E-state index in [0.717, 1.165) is 16.9 Å². The smallest absolute Gasteiger partial charge is 0.310 e. The van der Waals surface area contributed by atoms with Crippen molar-refractivity contribution in [3.63, 3.8) is 0 Å². The molecule has 0 aliphatic carbocycles. The van der Waals surface area contributed by atoms with Gasteiger partial charge in [-0.05, 0) is 42.3 Å². The maximum Gasteiger partial charge on any atom is 0.310 e. The van der Waals surface area contributed by atoms with Gasteiger partial charge in [0.25, 0.3) is 0 Å². The molecule has 194 valence electrons. The van der Waals surface area contributed by atoms with Crippen molar-refractivity contribution in [2.75, 3.05) is 42.8 Å². The third-order valence-electron chi connectivity index (χ3n) is 6.42. The van der Waals surface area contributed by atoms with Gasteiger partial charge >= 0.3 is 5.97 Å². The van der Waals surface area contributed by atoms with Gasteiger partial charge < -0.3 is 24.8 Å². The molecular formula is C26H27ClN4O5S. The molecule has 5 rings (SSSR count). The first kappa shape index (κ1) is 25.4. The molecule has 9 nitrogen and oxygen atoms in total. The summed E-state index contributed by atoms with van der Waals surface area (Å²) in [4.78, 5) is 23.6. The number of hydrogen-bond donors (Lipinski definition) is 2. The van der Waals surface area contributed by atoms with Crippen molar-refractivity contribution >= 4 is 45.8 Å². The van der Waals surface area contributed by atoms with Gasteiger partial charge in [0.05, 0.1) is 54.7 Å². The Morgan fingerprint density at radius 3 is 2.65 bits per heavy atom. The Morgan fingerprint density at radius 1 is 1.22 bits per heavy atom. The molecule has 3 aromatic rings. The first-order valence-electron chi connectivity index (χ1n) is 11.9. The lowest BCUT2D eigenvalue weighted by Gasteiger charge is -2.47. The highest BCUT2D eigenvalue weighted by Crippen LogP contribution is 2.39. The zero-order chi connectivity index (χ0) is 26.2. The molecule has 2 N–H and O–H groups in total. The van der Waals surface area contributed by atoms with E-state index >= 15 is 0 Å². The predicted molar refractivity (Wildman–Crippen MR) is 141 cm³/mol. The normalized spacial score (nSPS) is 17.6. The number of nitrogens with one attached hydrogen (secondary N) is 1.